The number of methoxy groups -OCH3 is 1. The maximum atomic E-state index is 11.5. The Morgan fingerprint density at radius 1 is 1.33 bits per heavy atom. The quantitative estimate of drug-likeness (QED) is 0.837. The second kappa shape index (κ2) is 6.82. The minimum Gasteiger partial charge on any atom is -0.495 e. The summed E-state index contributed by atoms with van der Waals surface area (Å²) in [4.78, 5) is 8.48. The monoisotopic (exact) mass is 368 g/mol. The van der Waals surface area contributed by atoms with E-state index in [1.54, 1.807) is 31.5 Å². The average molecular weight is 369 g/mol. The fourth-order valence-electron chi connectivity index (χ4n) is 2.48. The van der Waals surface area contributed by atoms with Gasteiger partial charge in [-0.25, -0.2) is 13.4 Å². The first-order valence-corrected chi connectivity index (χ1v) is 9.56. The summed E-state index contributed by atoms with van der Waals surface area (Å²) in [5.74, 6) is 1.88. The van der Waals surface area contributed by atoms with Gasteiger partial charge >= 0.3 is 0 Å². The maximum absolute atomic E-state index is 11.5. The average Bonchev–Trinajstić information content (AvgIpc) is 2.86. The molecule has 0 amide bonds. The first-order valence-electron chi connectivity index (χ1n) is 7.36. The van der Waals surface area contributed by atoms with Crippen molar-refractivity contribution < 1.29 is 13.2 Å². The molecule has 1 fully saturated rings. The number of ether oxygens (including phenoxy) is 1. The Labute approximate surface area is 145 Å². The maximum Gasteiger partial charge on any atom is 0.224 e. The van der Waals surface area contributed by atoms with Crippen LogP contribution in [0.5, 0.6) is 5.75 Å². The van der Waals surface area contributed by atoms with Crippen molar-refractivity contribution in [2.75, 3.05) is 29.2 Å². The van der Waals surface area contributed by atoms with Gasteiger partial charge in [0.05, 0.1) is 23.6 Å². The number of aromatic nitrogens is 2. The van der Waals surface area contributed by atoms with Gasteiger partial charge in [0.15, 0.2) is 9.84 Å². The number of rotatable bonds is 5. The van der Waals surface area contributed by atoms with Crippen LogP contribution in [0.2, 0.25) is 5.02 Å². The van der Waals surface area contributed by atoms with Gasteiger partial charge in [-0.2, -0.15) is 4.98 Å². The molecule has 0 spiro atoms. The molecule has 1 aromatic heterocycles. The van der Waals surface area contributed by atoms with Crippen LogP contribution in [-0.2, 0) is 9.84 Å². The van der Waals surface area contributed by atoms with Crippen LogP contribution in [0.25, 0.3) is 0 Å². The molecule has 2 N–H and O–H groups in total. The third-order valence-electron chi connectivity index (χ3n) is 3.65. The molecule has 1 aliphatic rings. The highest BCUT2D eigenvalue weighted by Gasteiger charge is 2.28. The van der Waals surface area contributed by atoms with Crippen molar-refractivity contribution in [1.29, 1.82) is 0 Å². The zero-order chi connectivity index (χ0) is 17.2. The van der Waals surface area contributed by atoms with Crippen molar-refractivity contribution in [3.05, 3.63) is 35.5 Å². The Hall–Kier alpha value is -2.06. The van der Waals surface area contributed by atoms with Crippen molar-refractivity contribution in [2.24, 2.45) is 0 Å². The summed E-state index contributed by atoms with van der Waals surface area (Å²) in [5.41, 5.74) is 0.758. The highest BCUT2D eigenvalue weighted by Crippen LogP contribution is 2.28. The Balaban J connectivity index is 1.70. The van der Waals surface area contributed by atoms with Crippen molar-refractivity contribution >= 4 is 38.9 Å². The Kier molecular flexibility index (Phi) is 4.77. The number of nitrogens with zero attached hydrogens (tertiary/aromatic N) is 2. The van der Waals surface area contributed by atoms with Crippen LogP contribution < -0.4 is 15.4 Å². The first kappa shape index (κ1) is 16.8. The standard InChI is InChI=1S/C15H17ClN4O3S/c1-23-13-3-2-10(8-12(13)16)18-14-4-6-17-15(20-14)19-11-5-7-24(21,22)9-11/h2-4,6,8,11H,5,7,9H2,1H3,(H2,17,18,19,20). The summed E-state index contributed by atoms with van der Waals surface area (Å²) >= 11 is 6.10. The molecule has 0 saturated carbocycles. The number of nitrogens with one attached hydrogen (secondary N) is 2. The van der Waals surface area contributed by atoms with Crippen LogP contribution in [-0.4, -0.2) is 43.0 Å². The molecule has 0 radical (unpaired) electrons. The second-order valence-electron chi connectivity index (χ2n) is 5.48. The Morgan fingerprint density at radius 3 is 2.83 bits per heavy atom. The van der Waals surface area contributed by atoms with Gasteiger partial charge in [-0.3, -0.25) is 0 Å². The second-order valence-corrected chi connectivity index (χ2v) is 8.12. The third kappa shape index (κ3) is 4.07. The molecule has 2 aromatic rings. The van der Waals surface area contributed by atoms with Crippen molar-refractivity contribution in [3.63, 3.8) is 0 Å². The molecular formula is C15H17ClN4O3S. The van der Waals surface area contributed by atoms with Crippen LogP contribution in [0.4, 0.5) is 17.5 Å². The van der Waals surface area contributed by atoms with E-state index >= 15 is 0 Å². The van der Waals surface area contributed by atoms with E-state index in [4.69, 9.17) is 16.3 Å². The lowest BCUT2D eigenvalue weighted by molar-refractivity contribution is 0.415. The predicted octanol–water partition coefficient (Wildman–Crippen LogP) is 2.48. The van der Waals surface area contributed by atoms with E-state index in [9.17, 15) is 8.42 Å². The van der Waals surface area contributed by atoms with Gasteiger partial charge in [0.2, 0.25) is 5.95 Å². The summed E-state index contributed by atoms with van der Waals surface area (Å²) in [6.45, 7) is 0. The van der Waals surface area contributed by atoms with Crippen molar-refractivity contribution in [3.8, 4) is 5.75 Å². The minimum atomic E-state index is -2.95. The van der Waals surface area contributed by atoms with Gasteiger partial charge in [-0.15, -0.1) is 0 Å². The SMILES string of the molecule is COc1ccc(Nc2ccnc(NC3CCS(=O)(=O)C3)n2)cc1Cl. The molecule has 0 bridgehead atoms. The van der Waals surface area contributed by atoms with Gasteiger partial charge in [0.1, 0.15) is 11.6 Å². The first-order chi connectivity index (χ1) is 11.4. The van der Waals surface area contributed by atoms with E-state index < -0.39 is 9.84 Å². The van der Waals surface area contributed by atoms with E-state index in [0.717, 1.165) is 5.69 Å². The number of anilines is 3. The van der Waals surface area contributed by atoms with Crippen LogP contribution in [0.15, 0.2) is 30.5 Å². The largest absolute Gasteiger partial charge is 0.495 e. The highest BCUT2D eigenvalue weighted by atomic mass is 35.5. The zero-order valence-electron chi connectivity index (χ0n) is 13.0. The number of benzene rings is 1. The molecule has 1 unspecified atom stereocenters. The van der Waals surface area contributed by atoms with E-state index in [1.807, 2.05) is 6.07 Å². The molecule has 1 aromatic carbocycles. The molecular weight excluding hydrogens is 352 g/mol. The van der Waals surface area contributed by atoms with Gasteiger partial charge < -0.3 is 15.4 Å². The van der Waals surface area contributed by atoms with Crippen molar-refractivity contribution in [1.82, 2.24) is 9.97 Å². The summed E-state index contributed by atoms with van der Waals surface area (Å²) < 4.78 is 28.1. The molecule has 128 valence electrons. The molecule has 7 nitrogen and oxygen atoms in total. The van der Waals surface area contributed by atoms with Gasteiger partial charge in [0, 0.05) is 17.9 Å². The van der Waals surface area contributed by atoms with E-state index in [2.05, 4.69) is 20.6 Å². The normalized spacial score (nSPS) is 19.0. The highest BCUT2D eigenvalue weighted by molar-refractivity contribution is 7.91. The summed E-state index contributed by atoms with van der Waals surface area (Å²) in [6.07, 6.45) is 2.17. The van der Waals surface area contributed by atoms with Gasteiger partial charge in [0.25, 0.3) is 0 Å². The van der Waals surface area contributed by atoms with E-state index in [0.29, 0.717) is 29.0 Å². The molecule has 0 aliphatic carbocycles. The molecule has 3 rings (SSSR count). The lowest BCUT2D eigenvalue weighted by Gasteiger charge is -2.12. The summed E-state index contributed by atoms with van der Waals surface area (Å²) in [6, 6.07) is 6.88. The van der Waals surface area contributed by atoms with E-state index in [1.165, 1.54) is 0 Å². The lowest BCUT2D eigenvalue weighted by Crippen LogP contribution is -2.22. The fourth-order valence-corrected chi connectivity index (χ4v) is 4.41. The molecule has 1 atom stereocenters. The fraction of sp³-hybridized carbons (Fsp3) is 0.333. The minimum absolute atomic E-state index is 0.113. The Bertz CT molecular complexity index is 844. The molecule has 1 saturated heterocycles. The molecule has 2 heterocycles. The lowest BCUT2D eigenvalue weighted by atomic mass is 10.3. The predicted molar refractivity (Wildman–Crippen MR) is 94.0 cm³/mol. The van der Waals surface area contributed by atoms with Crippen LogP contribution in [0.1, 0.15) is 6.42 Å². The smallest absolute Gasteiger partial charge is 0.224 e. The number of hydrogen-bond acceptors (Lipinski definition) is 7. The summed E-state index contributed by atoms with van der Waals surface area (Å²) in [5, 5.41) is 6.68. The topological polar surface area (TPSA) is 93.2 Å². The molecule has 24 heavy (non-hydrogen) atoms. The van der Waals surface area contributed by atoms with Crippen molar-refractivity contribution in [2.45, 2.75) is 12.5 Å². The van der Waals surface area contributed by atoms with Crippen LogP contribution >= 0.6 is 11.6 Å². The molecule has 9 heteroatoms. The van der Waals surface area contributed by atoms with Crippen LogP contribution in [0, 0.1) is 0 Å². The van der Waals surface area contributed by atoms with Gasteiger partial charge in [-0.05, 0) is 30.7 Å². The summed E-state index contributed by atoms with van der Waals surface area (Å²) in [7, 11) is -1.39. The number of sulfone groups is 1. The third-order valence-corrected chi connectivity index (χ3v) is 5.71. The van der Waals surface area contributed by atoms with Gasteiger partial charge in [-0.1, -0.05) is 11.6 Å². The molecule has 1 aliphatic heterocycles. The zero-order valence-corrected chi connectivity index (χ0v) is 14.6. The Morgan fingerprint density at radius 2 is 2.17 bits per heavy atom. The van der Waals surface area contributed by atoms with E-state index in [-0.39, 0.29) is 17.5 Å². The number of hydrogen-bond donors (Lipinski definition) is 2. The number of halogens is 1. The van der Waals surface area contributed by atoms with Crippen LogP contribution in [0.3, 0.4) is 0 Å².